The van der Waals surface area contributed by atoms with Gasteiger partial charge in [-0.1, -0.05) is 18.5 Å². The molecule has 0 radical (unpaired) electrons. The van der Waals surface area contributed by atoms with Crippen molar-refractivity contribution in [3.05, 3.63) is 29.3 Å². The average molecular weight is 353 g/mol. The molecule has 120 valence electrons. The van der Waals surface area contributed by atoms with Crippen molar-refractivity contribution in [2.45, 2.75) is 24.7 Å². The Morgan fingerprint density at radius 2 is 1.81 bits per heavy atom. The monoisotopic (exact) mass is 352 g/mol. The summed E-state index contributed by atoms with van der Waals surface area (Å²) in [5, 5.41) is 3.88. The maximum Gasteiger partial charge on any atom is 0.243 e. The molecule has 0 bridgehead atoms. The third-order valence-electron chi connectivity index (χ3n) is 3.71. The highest BCUT2D eigenvalue weighted by molar-refractivity contribution is 7.89. The summed E-state index contributed by atoms with van der Waals surface area (Å²) in [7, 11) is -3.37. The molecule has 0 atom stereocenters. The second-order valence-corrected chi connectivity index (χ2v) is 7.48. The molecule has 2 rings (SSSR count). The average Bonchev–Trinajstić information content (AvgIpc) is 2.46. The number of rotatable bonds is 5. The summed E-state index contributed by atoms with van der Waals surface area (Å²) in [6.07, 6.45) is 1.83. The molecular weight excluding hydrogens is 331 g/mol. The highest BCUT2D eigenvalue weighted by atomic mass is 35.5. The summed E-state index contributed by atoms with van der Waals surface area (Å²) < 4.78 is 26.6. The van der Waals surface area contributed by atoms with E-state index in [1.54, 1.807) is 28.6 Å². The minimum atomic E-state index is -3.37. The zero-order valence-electron chi connectivity index (χ0n) is 12.1. The van der Waals surface area contributed by atoms with Gasteiger partial charge in [0.05, 0.1) is 4.90 Å². The van der Waals surface area contributed by atoms with Gasteiger partial charge in [0.2, 0.25) is 10.0 Å². The Hall–Kier alpha value is -0.330. The van der Waals surface area contributed by atoms with Crippen LogP contribution in [0.4, 0.5) is 0 Å². The van der Waals surface area contributed by atoms with Crippen LogP contribution in [0.25, 0.3) is 0 Å². The molecule has 0 unspecified atom stereocenters. The SMILES string of the molecule is CCNCC1CCN(S(=O)(=O)c2ccc(Cl)cc2)CC1.Cl. The summed E-state index contributed by atoms with van der Waals surface area (Å²) in [4.78, 5) is 0.326. The van der Waals surface area contributed by atoms with E-state index in [1.807, 2.05) is 0 Å². The summed E-state index contributed by atoms with van der Waals surface area (Å²) in [6, 6.07) is 6.38. The molecule has 0 aliphatic carbocycles. The molecule has 0 saturated carbocycles. The van der Waals surface area contributed by atoms with Crippen molar-refractivity contribution in [2.24, 2.45) is 5.92 Å². The number of nitrogens with zero attached hydrogens (tertiary/aromatic N) is 1. The van der Waals surface area contributed by atoms with Crippen LogP contribution >= 0.6 is 24.0 Å². The van der Waals surface area contributed by atoms with Crippen LogP contribution in [0, 0.1) is 5.92 Å². The number of benzene rings is 1. The second kappa shape index (κ2) is 8.34. The van der Waals surface area contributed by atoms with Gasteiger partial charge in [-0.05, 0) is 56.1 Å². The zero-order chi connectivity index (χ0) is 14.6. The summed E-state index contributed by atoms with van der Waals surface area (Å²) in [5.74, 6) is 0.576. The lowest BCUT2D eigenvalue weighted by molar-refractivity contribution is 0.268. The van der Waals surface area contributed by atoms with Crippen molar-refractivity contribution in [3.63, 3.8) is 0 Å². The quantitative estimate of drug-likeness (QED) is 0.886. The van der Waals surface area contributed by atoms with Gasteiger partial charge in [0, 0.05) is 18.1 Å². The first-order valence-electron chi connectivity index (χ1n) is 7.00. The van der Waals surface area contributed by atoms with E-state index in [0.29, 0.717) is 28.9 Å². The fraction of sp³-hybridized carbons (Fsp3) is 0.571. The Morgan fingerprint density at radius 1 is 1.24 bits per heavy atom. The Morgan fingerprint density at radius 3 is 2.33 bits per heavy atom. The number of nitrogens with one attached hydrogen (secondary N) is 1. The van der Waals surface area contributed by atoms with Crippen molar-refractivity contribution in [1.82, 2.24) is 9.62 Å². The normalized spacial score (nSPS) is 17.4. The molecule has 1 heterocycles. The Kier molecular flexibility index (Phi) is 7.44. The summed E-state index contributed by atoms with van der Waals surface area (Å²) >= 11 is 5.80. The van der Waals surface area contributed by atoms with Crippen molar-refractivity contribution in [1.29, 1.82) is 0 Å². The largest absolute Gasteiger partial charge is 0.317 e. The summed E-state index contributed by atoms with van der Waals surface area (Å²) in [5.41, 5.74) is 0. The fourth-order valence-electron chi connectivity index (χ4n) is 2.46. The Labute approximate surface area is 138 Å². The molecule has 0 amide bonds. The van der Waals surface area contributed by atoms with E-state index in [4.69, 9.17) is 11.6 Å². The van der Waals surface area contributed by atoms with Gasteiger partial charge in [0.1, 0.15) is 0 Å². The lowest BCUT2D eigenvalue weighted by Gasteiger charge is -2.31. The number of sulfonamides is 1. The molecule has 1 aliphatic rings. The van der Waals surface area contributed by atoms with Gasteiger partial charge in [-0.15, -0.1) is 12.4 Å². The molecule has 1 aromatic carbocycles. The van der Waals surface area contributed by atoms with E-state index in [0.717, 1.165) is 25.9 Å². The summed E-state index contributed by atoms with van der Waals surface area (Å²) in [6.45, 7) is 5.22. The molecule has 7 heteroatoms. The topological polar surface area (TPSA) is 49.4 Å². The van der Waals surface area contributed by atoms with Crippen LogP contribution in [0.1, 0.15) is 19.8 Å². The van der Waals surface area contributed by atoms with E-state index in [-0.39, 0.29) is 12.4 Å². The molecule has 1 aliphatic heterocycles. The van der Waals surface area contributed by atoms with Gasteiger partial charge in [-0.3, -0.25) is 0 Å². The molecule has 1 saturated heterocycles. The fourth-order valence-corrected chi connectivity index (χ4v) is 4.05. The van der Waals surface area contributed by atoms with Gasteiger partial charge < -0.3 is 5.32 Å². The smallest absolute Gasteiger partial charge is 0.243 e. The minimum Gasteiger partial charge on any atom is -0.317 e. The van der Waals surface area contributed by atoms with Crippen molar-refractivity contribution in [3.8, 4) is 0 Å². The number of halogens is 2. The highest BCUT2D eigenvalue weighted by Gasteiger charge is 2.28. The number of hydrogen-bond donors (Lipinski definition) is 1. The van der Waals surface area contributed by atoms with E-state index >= 15 is 0 Å². The molecular formula is C14H22Cl2N2O2S. The second-order valence-electron chi connectivity index (χ2n) is 5.11. The van der Waals surface area contributed by atoms with Crippen LogP contribution in [0.2, 0.25) is 5.02 Å². The molecule has 4 nitrogen and oxygen atoms in total. The molecule has 1 fully saturated rings. The van der Waals surface area contributed by atoms with E-state index in [1.165, 1.54) is 0 Å². The Bertz CT molecular complexity index is 526. The highest BCUT2D eigenvalue weighted by Crippen LogP contribution is 2.24. The van der Waals surface area contributed by atoms with Crippen LogP contribution < -0.4 is 5.32 Å². The van der Waals surface area contributed by atoms with Gasteiger partial charge >= 0.3 is 0 Å². The standard InChI is InChI=1S/C14H21ClN2O2S.ClH/c1-2-16-11-12-7-9-17(10-8-12)20(18,19)14-5-3-13(15)4-6-14;/h3-6,12,16H,2,7-11H2,1H3;1H. The van der Waals surface area contributed by atoms with Crippen LogP contribution in [-0.2, 0) is 10.0 Å². The van der Waals surface area contributed by atoms with Gasteiger partial charge in [0.25, 0.3) is 0 Å². The maximum atomic E-state index is 12.5. The molecule has 21 heavy (non-hydrogen) atoms. The number of hydrogen-bond acceptors (Lipinski definition) is 3. The maximum absolute atomic E-state index is 12.5. The zero-order valence-corrected chi connectivity index (χ0v) is 14.5. The third kappa shape index (κ3) is 4.83. The van der Waals surface area contributed by atoms with Crippen LogP contribution in [0.3, 0.4) is 0 Å². The minimum absolute atomic E-state index is 0. The van der Waals surface area contributed by atoms with Crippen molar-refractivity contribution >= 4 is 34.0 Å². The lowest BCUT2D eigenvalue weighted by Crippen LogP contribution is -2.40. The van der Waals surface area contributed by atoms with Crippen LogP contribution in [-0.4, -0.2) is 38.9 Å². The molecule has 1 N–H and O–H groups in total. The molecule has 0 aromatic heterocycles. The van der Waals surface area contributed by atoms with Gasteiger partial charge in [-0.25, -0.2) is 8.42 Å². The van der Waals surface area contributed by atoms with Crippen LogP contribution in [0.5, 0.6) is 0 Å². The molecule has 1 aromatic rings. The predicted octanol–water partition coefficient (Wildman–Crippen LogP) is 2.77. The van der Waals surface area contributed by atoms with E-state index in [2.05, 4.69) is 12.2 Å². The Balaban J connectivity index is 0.00000220. The predicted molar refractivity (Wildman–Crippen MR) is 88.7 cm³/mol. The lowest BCUT2D eigenvalue weighted by atomic mass is 9.98. The van der Waals surface area contributed by atoms with Gasteiger partial charge in [0.15, 0.2) is 0 Å². The van der Waals surface area contributed by atoms with Crippen molar-refractivity contribution in [2.75, 3.05) is 26.2 Å². The third-order valence-corrected chi connectivity index (χ3v) is 5.87. The van der Waals surface area contributed by atoms with E-state index in [9.17, 15) is 8.42 Å². The van der Waals surface area contributed by atoms with E-state index < -0.39 is 10.0 Å². The molecule has 0 spiro atoms. The first-order chi connectivity index (χ1) is 9.54. The first kappa shape index (κ1) is 18.7. The van der Waals surface area contributed by atoms with Crippen molar-refractivity contribution < 1.29 is 8.42 Å². The van der Waals surface area contributed by atoms with Gasteiger partial charge in [-0.2, -0.15) is 4.31 Å². The number of piperidine rings is 1. The first-order valence-corrected chi connectivity index (χ1v) is 8.82. The van der Waals surface area contributed by atoms with Crippen LogP contribution in [0.15, 0.2) is 29.2 Å².